The van der Waals surface area contributed by atoms with Gasteiger partial charge in [-0.05, 0) is 78.8 Å². The molecule has 1 heterocycles. The molecule has 1 aromatic rings. The number of ether oxygens (including phenoxy) is 1. The summed E-state index contributed by atoms with van der Waals surface area (Å²) < 4.78 is 6.13. The Labute approximate surface area is 141 Å². The Morgan fingerprint density at radius 3 is 2.82 bits per heavy atom. The van der Waals surface area contributed by atoms with Gasteiger partial charge in [-0.25, -0.2) is 0 Å². The van der Waals surface area contributed by atoms with Gasteiger partial charge in [-0.2, -0.15) is 0 Å². The molecule has 1 unspecified atom stereocenters. The van der Waals surface area contributed by atoms with Crippen LogP contribution in [-0.4, -0.2) is 26.1 Å². The molecule has 0 spiro atoms. The van der Waals surface area contributed by atoms with Crippen molar-refractivity contribution in [1.82, 2.24) is 10.6 Å². The van der Waals surface area contributed by atoms with E-state index in [2.05, 4.69) is 26.6 Å². The molecule has 0 bridgehead atoms. The van der Waals surface area contributed by atoms with Crippen LogP contribution in [0.15, 0.2) is 22.7 Å². The minimum absolute atomic E-state index is 0.00253. The molecule has 5 heteroatoms. The fraction of sp³-hybridized carbons (Fsp3) is 0.588. The third-order valence-electron chi connectivity index (χ3n) is 4.29. The molecule has 1 aliphatic rings. The van der Waals surface area contributed by atoms with Crippen LogP contribution >= 0.6 is 15.9 Å². The molecule has 0 saturated carbocycles. The SMILES string of the molecule is COc1ccc(C(C)NC(=O)CCC2CCNCC2)cc1Br. The molecule has 4 nitrogen and oxygen atoms in total. The van der Waals surface area contributed by atoms with Gasteiger partial charge >= 0.3 is 0 Å². The lowest BCUT2D eigenvalue weighted by Crippen LogP contribution is -2.30. The smallest absolute Gasteiger partial charge is 0.220 e. The second kappa shape index (κ2) is 8.53. The molecule has 0 aromatic heterocycles. The van der Waals surface area contributed by atoms with Crippen LogP contribution in [0.25, 0.3) is 0 Å². The topological polar surface area (TPSA) is 50.4 Å². The average molecular weight is 369 g/mol. The van der Waals surface area contributed by atoms with Crippen molar-refractivity contribution in [2.24, 2.45) is 5.92 Å². The van der Waals surface area contributed by atoms with E-state index in [-0.39, 0.29) is 11.9 Å². The molecule has 22 heavy (non-hydrogen) atoms. The first-order valence-electron chi connectivity index (χ1n) is 7.93. The monoisotopic (exact) mass is 368 g/mol. The number of methoxy groups -OCH3 is 1. The summed E-state index contributed by atoms with van der Waals surface area (Å²) in [4.78, 5) is 12.1. The standard InChI is InChI=1S/C17H25BrN2O2/c1-12(14-4-5-16(22-2)15(18)11-14)20-17(21)6-3-13-7-9-19-10-8-13/h4-5,11-13,19H,3,6-10H2,1-2H3,(H,20,21). The normalized spacial score (nSPS) is 17.0. The van der Waals surface area contributed by atoms with E-state index in [9.17, 15) is 4.79 Å². The fourth-order valence-corrected chi connectivity index (χ4v) is 3.41. The number of carbonyl (C=O) groups excluding carboxylic acids is 1. The average Bonchev–Trinajstić information content (AvgIpc) is 2.53. The molecule has 1 saturated heterocycles. The molecule has 1 aromatic carbocycles. The summed E-state index contributed by atoms with van der Waals surface area (Å²) in [5.41, 5.74) is 1.07. The molecule has 1 aliphatic heterocycles. The van der Waals surface area contributed by atoms with Gasteiger partial charge in [0.15, 0.2) is 0 Å². The molecule has 1 atom stereocenters. The Morgan fingerprint density at radius 2 is 2.18 bits per heavy atom. The number of hydrogen-bond donors (Lipinski definition) is 2. The summed E-state index contributed by atoms with van der Waals surface area (Å²) >= 11 is 3.48. The molecule has 2 N–H and O–H groups in total. The van der Waals surface area contributed by atoms with E-state index in [0.29, 0.717) is 12.3 Å². The number of halogens is 1. The van der Waals surface area contributed by atoms with Crippen molar-refractivity contribution in [2.75, 3.05) is 20.2 Å². The van der Waals surface area contributed by atoms with Crippen LogP contribution in [0.2, 0.25) is 0 Å². The largest absolute Gasteiger partial charge is 0.496 e. The Morgan fingerprint density at radius 1 is 1.45 bits per heavy atom. The van der Waals surface area contributed by atoms with Gasteiger partial charge in [0, 0.05) is 6.42 Å². The van der Waals surface area contributed by atoms with Crippen molar-refractivity contribution in [3.05, 3.63) is 28.2 Å². The third kappa shape index (κ3) is 4.99. The second-order valence-corrected chi connectivity index (χ2v) is 6.77. The van der Waals surface area contributed by atoms with Gasteiger partial charge in [0.2, 0.25) is 5.91 Å². The molecular formula is C17H25BrN2O2. The lowest BCUT2D eigenvalue weighted by Gasteiger charge is -2.22. The highest BCUT2D eigenvalue weighted by molar-refractivity contribution is 9.10. The van der Waals surface area contributed by atoms with Gasteiger partial charge in [0.25, 0.3) is 0 Å². The van der Waals surface area contributed by atoms with Crippen LogP contribution in [0, 0.1) is 5.92 Å². The van der Waals surface area contributed by atoms with Gasteiger partial charge < -0.3 is 15.4 Å². The lowest BCUT2D eigenvalue weighted by atomic mass is 9.93. The van der Waals surface area contributed by atoms with Crippen LogP contribution in [-0.2, 0) is 4.79 Å². The zero-order valence-corrected chi connectivity index (χ0v) is 14.9. The van der Waals surface area contributed by atoms with Crippen molar-refractivity contribution in [1.29, 1.82) is 0 Å². The minimum Gasteiger partial charge on any atom is -0.496 e. The highest BCUT2D eigenvalue weighted by Crippen LogP contribution is 2.28. The van der Waals surface area contributed by atoms with E-state index in [1.54, 1.807) is 7.11 Å². The van der Waals surface area contributed by atoms with Gasteiger partial charge in [-0.1, -0.05) is 6.07 Å². The maximum atomic E-state index is 12.1. The lowest BCUT2D eigenvalue weighted by molar-refractivity contribution is -0.122. The highest BCUT2D eigenvalue weighted by Gasteiger charge is 2.16. The predicted molar refractivity (Wildman–Crippen MR) is 92.1 cm³/mol. The summed E-state index contributed by atoms with van der Waals surface area (Å²) in [7, 11) is 1.64. The Hall–Kier alpha value is -1.07. The molecule has 1 fully saturated rings. The molecule has 122 valence electrons. The maximum absolute atomic E-state index is 12.1. The number of carbonyl (C=O) groups is 1. The zero-order valence-electron chi connectivity index (χ0n) is 13.3. The van der Waals surface area contributed by atoms with Crippen LogP contribution in [0.1, 0.15) is 44.2 Å². The summed E-state index contributed by atoms with van der Waals surface area (Å²) in [5, 5.41) is 6.44. The van der Waals surface area contributed by atoms with E-state index in [4.69, 9.17) is 4.74 Å². The number of benzene rings is 1. The summed E-state index contributed by atoms with van der Waals surface area (Å²) in [6, 6.07) is 5.90. The van der Waals surface area contributed by atoms with Gasteiger partial charge in [0.05, 0.1) is 17.6 Å². The van der Waals surface area contributed by atoms with Gasteiger partial charge in [-0.3, -0.25) is 4.79 Å². The first kappa shape index (κ1) is 17.3. The van der Waals surface area contributed by atoms with E-state index in [1.165, 1.54) is 12.8 Å². The van der Waals surface area contributed by atoms with Crippen molar-refractivity contribution in [3.63, 3.8) is 0 Å². The molecule has 2 rings (SSSR count). The van der Waals surface area contributed by atoms with Crippen molar-refractivity contribution < 1.29 is 9.53 Å². The number of piperidine rings is 1. The number of rotatable bonds is 6. The summed E-state index contributed by atoms with van der Waals surface area (Å²) in [6.07, 6.45) is 3.99. The summed E-state index contributed by atoms with van der Waals surface area (Å²) in [6.45, 7) is 4.18. The number of hydrogen-bond acceptors (Lipinski definition) is 3. The van der Waals surface area contributed by atoms with E-state index < -0.39 is 0 Å². The van der Waals surface area contributed by atoms with Crippen LogP contribution < -0.4 is 15.4 Å². The molecule has 0 aliphatic carbocycles. The first-order valence-corrected chi connectivity index (χ1v) is 8.73. The minimum atomic E-state index is 0.00253. The maximum Gasteiger partial charge on any atom is 0.220 e. The Kier molecular flexibility index (Phi) is 6.70. The highest BCUT2D eigenvalue weighted by atomic mass is 79.9. The van der Waals surface area contributed by atoms with Crippen LogP contribution in [0.3, 0.4) is 0 Å². The van der Waals surface area contributed by atoms with Crippen molar-refractivity contribution in [3.8, 4) is 5.75 Å². The van der Waals surface area contributed by atoms with Crippen molar-refractivity contribution in [2.45, 2.75) is 38.6 Å². The van der Waals surface area contributed by atoms with Crippen LogP contribution in [0.4, 0.5) is 0 Å². The Balaban J connectivity index is 1.81. The van der Waals surface area contributed by atoms with Gasteiger partial charge in [0.1, 0.15) is 5.75 Å². The predicted octanol–water partition coefficient (Wildman–Crippen LogP) is 3.41. The third-order valence-corrected chi connectivity index (χ3v) is 4.91. The molecular weight excluding hydrogens is 344 g/mol. The van der Waals surface area contributed by atoms with Gasteiger partial charge in [-0.15, -0.1) is 0 Å². The van der Waals surface area contributed by atoms with E-state index in [1.807, 2.05) is 25.1 Å². The van der Waals surface area contributed by atoms with Crippen LogP contribution in [0.5, 0.6) is 5.75 Å². The van der Waals surface area contributed by atoms with Crippen molar-refractivity contribution >= 4 is 21.8 Å². The molecule has 0 radical (unpaired) electrons. The Bertz CT molecular complexity index is 501. The zero-order chi connectivity index (χ0) is 15.9. The first-order chi connectivity index (χ1) is 10.6. The molecule has 1 amide bonds. The van der Waals surface area contributed by atoms with E-state index >= 15 is 0 Å². The quantitative estimate of drug-likeness (QED) is 0.808. The second-order valence-electron chi connectivity index (χ2n) is 5.92. The fourth-order valence-electron chi connectivity index (χ4n) is 2.85. The van der Waals surface area contributed by atoms with E-state index in [0.717, 1.165) is 35.3 Å². The number of nitrogens with one attached hydrogen (secondary N) is 2. The number of amides is 1. The summed E-state index contributed by atoms with van der Waals surface area (Å²) in [5.74, 6) is 1.63.